The molecule has 12 heavy (non-hydrogen) atoms. The van der Waals surface area contributed by atoms with Crippen LogP contribution in [-0.4, -0.2) is 34.8 Å². The highest BCUT2D eigenvalue weighted by Crippen LogP contribution is 2.02. The molecule has 1 heterocycles. The van der Waals surface area contributed by atoms with Crippen molar-refractivity contribution in [2.75, 3.05) is 24.6 Å². The fourth-order valence-corrected chi connectivity index (χ4v) is 0.975. The molecule has 0 radical (unpaired) electrons. The van der Waals surface area contributed by atoms with E-state index in [2.05, 4.69) is 9.97 Å². The fourth-order valence-electron chi connectivity index (χ4n) is 0.975. The Morgan fingerprint density at radius 1 is 1.42 bits per heavy atom. The molecule has 1 N–H and O–H groups in total. The first kappa shape index (κ1) is 8.93. The summed E-state index contributed by atoms with van der Waals surface area (Å²) in [6, 6.07) is 1.77. The Kier molecular flexibility index (Phi) is 3.47. The maximum absolute atomic E-state index is 8.73. The van der Waals surface area contributed by atoms with Crippen LogP contribution in [-0.2, 0) is 0 Å². The van der Waals surface area contributed by atoms with E-state index in [1.165, 1.54) is 0 Å². The summed E-state index contributed by atoms with van der Waals surface area (Å²) in [6.45, 7) is 3.53. The molecule has 4 nitrogen and oxygen atoms in total. The minimum atomic E-state index is 0.131. The topological polar surface area (TPSA) is 49.2 Å². The van der Waals surface area contributed by atoms with Crippen molar-refractivity contribution in [1.29, 1.82) is 0 Å². The van der Waals surface area contributed by atoms with E-state index in [9.17, 15) is 0 Å². The Morgan fingerprint density at radius 3 is 2.58 bits per heavy atom. The SMILES string of the molecule is CCN(CCO)c1ncccn1. The molecule has 0 aliphatic carbocycles. The molecule has 0 spiro atoms. The number of hydrogen-bond acceptors (Lipinski definition) is 4. The third kappa shape index (κ3) is 2.17. The minimum absolute atomic E-state index is 0.131. The van der Waals surface area contributed by atoms with Crippen molar-refractivity contribution >= 4 is 5.95 Å². The second-order valence-corrected chi connectivity index (χ2v) is 2.35. The van der Waals surface area contributed by atoms with Crippen molar-refractivity contribution < 1.29 is 5.11 Å². The highest BCUT2D eigenvalue weighted by atomic mass is 16.3. The molecule has 1 rings (SSSR count). The average molecular weight is 167 g/mol. The van der Waals surface area contributed by atoms with Crippen LogP contribution in [0.2, 0.25) is 0 Å². The lowest BCUT2D eigenvalue weighted by atomic mass is 10.5. The molecule has 4 heteroatoms. The normalized spacial score (nSPS) is 9.83. The summed E-state index contributed by atoms with van der Waals surface area (Å²) in [5, 5.41) is 8.73. The van der Waals surface area contributed by atoms with Gasteiger partial charge in [0.05, 0.1) is 6.61 Å². The Balaban J connectivity index is 2.66. The average Bonchev–Trinajstić information content (AvgIpc) is 2.15. The molecule has 0 atom stereocenters. The van der Waals surface area contributed by atoms with Crippen LogP contribution in [0.5, 0.6) is 0 Å². The highest BCUT2D eigenvalue weighted by Gasteiger charge is 2.03. The Morgan fingerprint density at radius 2 is 2.08 bits per heavy atom. The van der Waals surface area contributed by atoms with E-state index in [1.807, 2.05) is 11.8 Å². The van der Waals surface area contributed by atoms with Gasteiger partial charge in [0.15, 0.2) is 0 Å². The van der Waals surface area contributed by atoms with Gasteiger partial charge in [-0.2, -0.15) is 0 Å². The smallest absolute Gasteiger partial charge is 0.225 e. The number of nitrogens with zero attached hydrogens (tertiary/aromatic N) is 3. The van der Waals surface area contributed by atoms with Gasteiger partial charge in [-0.05, 0) is 13.0 Å². The quantitative estimate of drug-likeness (QED) is 0.700. The first-order valence-corrected chi connectivity index (χ1v) is 4.01. The van der Waals surface area contributed by atoms with E-state index >= 15 is 0 Å². The molecular formula is C8H13N3O. The lowest BCUT2D eigenvalue weighted by Gasteiger charge is -2.18. The number of aliphatic hydroxyl groups is 1. The molecule has 66 valence electrons. The zero-order valence-electron chi connectivity index (χ0n) is 7.14. The van der Waals surface area contributed by atoms with Crippen LogP contribution in [0.3, 0.4) is 0 Å². The summed E-state index contributed by atoms with van der Waals surface area (Å²) in [7, 11) is 0. The van der Waals surface area contributed by atoms with E-state index < -0.39 is 0 Å². The third-order valence-electron chi connectivity index (χ3n) is 1.59. The van der Waals surface area contributed by atoms with Crippen molar-refractivity contribution in [1.82, 2.24) is 9.97 Å². The van der Waals surface area contributed by atoms with Crippen LogP contribution in [0.1, 0.15) is 6.92 Å². The van der Waals surface area contributed by atoms with Gasteiger partial charge in [-0.1, -0.05) is 0 Å². The summed E-state index contributed by atoms with van der Waals surface area (Å²) >= 11 is 0. The van der Waals surface area contributed by atoms with Gasteiger partial charge in [0.25, 0.3) is 0 Å². The van der Waals surface area contributed by atoms with E-state index in [4.69, 9.17) is 5.11 Å². The molecule has 0 amide bonds. The van der Waals surface area contributed by atoms with Gasteiger partial charge >= 0.3 is 0 Å². The van der Waals surface area contributed by atoms with E-state index in [0.717, 1.165) is 6.54 Å². The summed E-state index contributed by atoms with van der Waals surface area (Å²) in [6.07, 6.45) is 3.39. The van der Waals surface area contributed by atoms with Gasteiger partial charge < -0.3 is 10.0 Å². The lowest BCUT2D eigenvalue weighted by molar-refractivity contribution is 0.301. The number of rotatable bonds is 4. The van der Waals surface area contributed by atoms with Crippen molar-refractivity contribution in [2.45, 2.75) is 6.92 Å². The number of aromatic nitrogens is 2. The van der Waals surface area contributed by atoms with E-state index in [0.29, 0.717) is 12.5 Å². The molecular weight excluding hydrogens is 154 g/mol. The Hall–Kier alpha value is -1.16. The second-order valence-electron chi connectivity index (χ2n) is 2.35. The largest absolute Gasteiger partial charge is 0.395 e. The van der Waals surface area contributed by atoms with Crippen molar-refractivity contribution in [3.63, 3.8) is 0 Å². The monoisotopic (exact) mass is 167 g/mol. The summed E-state index contributed by atoms with van der Waals surface area (Å²) in [4.78, 5) is 10.1. The zero-order valence-corrected chi connectivity index (χ0v) is 7.14. The number of hydrogen-bond donors (Lipinski definition) is 1. The molecule has 0 aromatic carbocycles. The molecule has 0 bridgehead atoms. The molecule has 1 aromatic heterocycles. The number of aliphatic hydroxyl groups excluding tert-OH is 1. The molecule has 0 fully saturated rings. The standard InChI is InChI=1S/C8H13N3O/c1-2-11(6-7-12)8-9-4-3-5-10-8/h3-5,12H,2,6-7H2,1H3. The van der Waals surface area contributed by atoms with Crippen molar-refractivity contribution in [3.05, 3.63) is 18.5 Å². The van der Waals surface area contributed by atoms with Crippen molar-refractivity contribution in [2.24, 2.45) is 0 Å². The third-order valence-corrected chi connectivity index (χ3v) is 1.59. The molecule has 1 aromatic rings. The zero-order chi connectivity index (χ0) is 8.81. The van der Waals surface area contributed by atoms with E-state index in [1.54, 1.807) is 18.5 Å². The molecule has 0 aliphatic rings. The maximum Gasteiger partial charge on any atom is 0.225 e. The first-order chi connectivity index (χ1) is 5.88. The molecule has 0 saturated carbocycles. The lowest BCUT2D eigenvalue weighted by Crippen LogP contribution is -2.27. The summed E-state index contributed by atoms with van der Waals surface area (Å²) in [5.74, 6) is 0.675. The van der Waals surface area contributed by atoms with Crippen LogP contribution < -0.4 is 4.90 Å². The second kappa shape index (κ2) is 4.66. The van der Waals surface area contributed by atoms with Crippen LogP contribution >= 0.6 is 0 Å². The van der Waals surface area contributed by atoms with Crippen LogP contribution in [0.25, 0.3) is 0 Å². The Labute approximate surface area is 71.9 Å². The van der Waals surface area contributed by atoms with E-state index in [-0.39, 0.29) is 6.61 Å². The fraction of sp³-hybridized carbons (Fsp3) is 0.500. The van der Waals surface area contributed by atoms with Gasteiger partial charge in [-0.25, -0.2) is 9.97 Å². The summed E-state index contributed by atoms with van der Waals surface area (Å²) < 4.78 is 0. The van der Waals surface area contributed by atoms with Crippen LogP contribution in [0, 0.1) is 0 Å². The van der Waals surface area contributed by atoms with Gasteiger partial charge in [0, 0.05) is 25.5 Å². The molecule has 0 unspecified atom stereocenters. The van der Waals surface area contributed by atoms with Gasteiger partial charge in [-0.15, -0.1) is 0 Å². The molecule has 0 aliphatic heterocycles. The minimum Gasteiger partial charge on any atom is -0.395 e. The number of anilines is 1. The Bertz CT molecular complexity index is 215. The summed E-state index contributed by atoms with van der Waals surface area (Å²) in [5.41, 5.74) is 0. The van der Waals surface area contributed by atoms with Crippen LogP contribution in [0.15, 0.2) is 18.5 Å². The van der Waals surface area contributed by atoms with Crippen molar-refractivity contribution in [3.8, 4) is 0 Å². The predicted octanol–water partition coefficient (Wildman–Crippen LogP) is 0.295. The van der Waals surface area contributed by atoms with Gasteiger partial charge in [0.2, 0.25) is 5.95 Å². The highest BCUT2D eigenvalue weighted by molar-refractivity contribution is 5.27. The van der Waals surface area contributed by atoms with Gasteiger partial charge in [0.1, 0.15) is 0 Å². The maximum atomic E-state index is 8.73. The van der Waals surface area contributed by atoms with Crippen LogP contribution in [0.4, 0.5) is 5.95 Å². The van der Waals surface area contributed by atoms with Gasteiger partial charge in [-0.3, -0.25) is 0 Å². The predicted molar refractivity (Wildman–Crippen MR) is 47.0 cm³/mol. The number of likely N-dealkylation sites (N-methyl/N-ethyl adjacent to an activating group) is 1. The molecule has 0 saturated heterocycles. The first-order valence-electron chi connectivity index (χ1n) is 4.01.